The minimum atomic E-state index is -1.25. The van der Waals surface area contributed by atoms with E-state index in [1.165, 1.54) is 39.7 Å². The van der Waals surface area contributed by atoms with Crippen molar-refractivity contribution in [2.45, 2.75) is 0 Å². The lowest BCUT2D eigenvalue weighted by atomic mass is 10.1. The van der Waals surface area contributed by atoms with Gasteiger partial charge < -0.3 is 29.8 Å². The summed E-state index contributed by atoms with van der Waals surface area (Å²) in [6, 6.07) is 9.57. The number of aromatic carboxylic acids is 1. The Morgan fingerprint density at radius 1 is 0.964 bits per heavy atom. The Hall–Kier alpha value is -3.81. The summed E-state index contributed by atoms with van der Waals surface area (Å²) >= 11 is 0. The number of rotatable bonds is 6. The summed E-state index contributed by atoms with van der Waals surface area (Å²) < 4.78 is 16.1. The van der Waals surface area contributed by atoms with Crippen LogP contribution in [0, 0.1) is 0 Å². The lowest BCUT2D eigenvalue weighted by molar-refractivity contribution is -0.255. The molecule has 0 aliphatic heterocycles. The second-order valence-electron chi connectivity index (χ2n) is 5.77. The summed E-state index contributed by atoms with van der Waals surface area (Å²) in [6.07, 6.45) is 1.54. The zero-order valence-corrected chi connectivity index (χ0v) is 15.6. The maximum Gasteiger partial charge on any atom is 0.203 e. The van der Waals surface area contributed by atoms with Crippen LogP contribution in [0.3, 0.4) is 0 Å². The number of nitrogen functional groups attached to an aromatic ring is 1. The minimum Gasteiger partial charge on any atom is -0.545 e. The molecule has 3 aromatic rings. The lowest BCUT2D eigenvalue weighted by Gasteiger charge is -2.14. The molecule has 1 heterocycles. The van der Waals surface area contributed by atoms with Crippen molar-refractivity contribution in [2.75, 3.05) is 27.1 Å². The molecule has 144 valence electrons. The molecule has 0 saturated carbocycles. The molecular weight excluding hydrogens is 362 g/mol. The number of methoxy groups -OCH3 is 3. The van der Waals surface area contributed by atoms with Gasteiger partial charge in [0.2, 0.25) is 5.75 Å². The third-order valence-corrected chi connectivity index (χ3v) is 4.16. The van der Waals surface area contributed by atoms with Gasteiger partial charge in [0.15, 0.2) is 11.5 Å². The summed E-state index contributed by atoms with van der Waals surface area (Å²) in [5.74, 6) is 0.398. The highest BCUT2D eigenvalue weighted by atomic mass is 16.5. The van der Waals surface area contributed by atoms with Crippen LogP contribution in [0.1, 0.15) is 10.4 Å². The van der Waals surface area contributed by atoms with E-state index >= 15 is 0 Å². The highest BCUT2D eigenvalue weighted by Gasteiger charge is 2.16. The number of carboxylic acid groups (broad SMARTS) is 1. The molecule has 0 fully saturated rings. The molecule has 1 aromatic heterocycles. The van der Waals surface area contributed by atoms with Gasteiger partial charge in [-0.2, -0.15) is 0 Å². The smallest absolute Gasteiger partial charge is 0.203 e. The first kappa shape index (κ1) is 19.0. The molecule has 0 atom stereocenters. The van der Waals surface area contributed by atoms with Crippen LogP contribution >= 0.6 is 0 Å². The van der Waals surface area contributed by atoms with Gasteiger partial charge in [0, 0.05) is 11.1 Å². The fourth-order valence-electron chi connectivity index (χ4n) is 2.74. The summed E-state index contributed by atoms with van der Waals surface area (Å²) in [5, 5.41) is 10.9. The molecule has 28 heavy (non-hydrogen) atoms. The highest BCUT2D eigenvalue weighted by molar-refractivity contribution is 5.87. The van der Waals surface area contributed by atoms with Crippen LogP contribution in [0.5, 0.6) is 17.2 Å². The van der Waals surface area contributed by atoms with E-state index in [4.69, 9.17) is 19.9 Å². The molecule has 0 amide bonds. The number of carbonyl (C=O) groups excluding carboxylic acids is 1. The Kier molecular flexibility index (Phi) is 5.30. The molecule has 0 aliphatic rings. The molecule has 0 saturated heterocycles. The average Bonchev–Trinajstić information content (AvgIpc) is 2.73. The van der Waals surface area contributed by atoms with Crippen molar-refractivity contribution in [1.82, 2.24) is 9.97 Å². The molecule has 2 N–H and O–H groups in total. The maximum atomic E-state index is 10.9. The number of nitrogens with zero attached hydrogens (tertiary/aromatic N) is 2. The fourth-order valence-corrected chi connectivity index (χ4v) is 2.74. The van der Waals surface area contributed by atoms with Gasteiger partial charge in [0.05, 0.1) is 39.2 Å². The zero-order chi connectivity index (χ0) is 20.3. The highest BCUT2D eigenvalue weighted by Crippen LogP contribution is 2.41. The predicted octanol–water partition coefficient (Wildman–Crippen LogP) is 1.78. The van der Waals surface area contributed by atoms with E-state index in [1.54, 1.807) is 24.3 Å². The van der Waals surface area contributed by atoms with E-state index in [1.807, 2.05) is 0 Å². The molecule has 0 unspecified atom stereocenters. The Labute approximate surface area is 161 Å². The van der Waals surface area contributed by atoms with Crippen molar-refractivity contribution >= 4 is 11.8 Å². The third kappa shape index (κ3) is 3.52. The largest absolute Gasteiger partial charge is 0.545 e. The SMILES string of the molecule is COc1cc(-c2cnc(N)c(-c3ccc(C(=O)[O-])cc3)n2)cc(OC)c1OC. The number of anilines is 1. The van der Waals surface area contributed by atoms with Crippen molar-refractivity contribution in [3.8, 4) is 39.8 Å². The summed E-state index contributed by atoms with van der Waals surface area (Å²) in [5.41, 5.74) is 8.33. The Morgan fingerprint density at radius 3 is 2.07 bits per heavy atom. The Balaban J connectivity index is 2.10. The number of benzene rings is 2. The first-order chi connectivity index (χ1) is 13.5. The van der Waals surface area contributed by atoms with E-state index < -0.39 is 5.97 Å². The monoisotopic (exact) mass is 380 g/mol. The van der Waals surface area contributed by atoms with Gasteiger partial charge in [-0.1, -0.05) is 24.3 Å². The Bertz CT molecular complexity index is 994. The predicted molar refractivity (Wildman–Crippen MR) is 101 cm³/mol. The topological polar surface area (TPSA) is 120 Å². The number of carboxylic acids is 1. The maximum absolute atomic E-state index is 10.9. The number of hydrogen-bond acceptors (Lipinski definition) is 8. The number of ether oxygens (including phenoxy) is 3. The van der Waals surface area contributed by atoms with Crippen molar-refractivity contribution in [2.24, 2.45) is 0 Å². The van der Waals surface area contributed by atoms with Gasteiger partial charge in [-0.25, -0.2) is 9.97 Å². The number of carbonyl (C=O) groups is 1. The normalized spacial score (nSPS) is 10.4. The van der Waals surface area contributed by atoms with E-state index in [0.29, 0.717) is 39.8 Å². The third-order valence-electron chi connectivity index (χ3n) is 4.16. The van der Waals surface area contributed by atoms with Crippen LogP contribution in [0.15, 0.2) is 42.6 Å². The summed E-state index contributed by atoms with van der Waals surface area (Å²) in [4.78, 5) is 19.7. The van der Waals surface area contributed by atoms with Crippen LogP contribution in [0.2, 0.25) is 0 Å². The van der Waals surface area contributed by atoms with E-state index in [2.05, 4.69) is 9.97 Å². The van der Waals surface area contributed by atoms with Crippen LogP contribution in [-0.4, -0.2) is 37.3 Å². The van der Waals surface area contributed by atoms with Crippen LogP contribution < -0.4 is 25.1 Å². The van der Waals surface area contributed by atoms with Gasteiger partial charge in [-0.3, -0.25) is 0 Å². The quantitative estimate of drug-likeness (QED) is 0.687. The zero-order valence-electron chi connectivity index (χ0n) is 15.6. The van der Waals surface area contributed by atoms with Gasteiger partial charge in [-0.05, 0) is 17.7 Å². The molecule has 8 nitrogen and oxygen atoms in total. The van der Waals surface area contributed by atoms with Gasteiger partial charge in [0.25, 0.3) is 0 Å². The van der Waals surface area contributed by atoms with E-state index in [0.717, 1.165) is 0 Å². The second-order valence-corrected chi connectivity index (χ2v) is 5.77. The Morgan fingerprint density at radius 2 is 1.57 bits per heavy atom. The van der Waals surface area contributed by atoms with E-state index in [-0.39, 0.29) is 11.4 Å². The van der Waals surface area contributed by atoms with Gasteiger partial charge >= 0.3 is 0 Å². The van der Waals surface area contributed by atoms with Crippen molar-refractivity contribution < 1.29 is 24.1 Å². The fraction of sp³-hybridized carbons (Fsp3) is 0.150. The molecule has 0 bridgehead atoms. The minimum absolute atomic E-state index is 0.0658. The number of aromatic nitrogens is 2. The average molecular weight is 380 g/mol. The standard InChI is InChI=1S/C20H19N3O5/c1-26-15-8-13(9-16(27-2)18(15)28-3)14-10-22-19(21)17(23-14)11-4-6-12(7-5-11)20(24)25/h4-10H,1-3H3,(H2,21,22)(H,24,25)/p-1. The lowest BCUT2D eigenvalue weighted by Crippen LogP contribution is -2.21. The van der Waals surface area contributed by atoms with Crippen molar-refractivity contribution in [1.29, 1.82) is 0 Å². The van der Waals surface area contributed by atoms with Crippen LogP contribution in [0.4, 0.5) is 5.82 Å². The van der Waals surface area contributed by atoms with Gasteiger partial charge in [-0.15, -0.1) is 0 Å². The van der Waals surface area contributed by atoms with Crippen LogP contribution in [-0.2, 0) is 0 Å². The molecule has 0 aliphatic carbocycles. The summed E-state index contributed by atoms with van der Waals surface area (Å²) in [7, 11) is 4.58. The molecule has 0 radical (unpaired) electrons. The number of hydrogen-bond donors (Lipinski definition) is 1. The van der Waals surface area contributed by atoms with Crippen molar-refractivity contribution in [3.05, 3.63) is 48.2 Å². The van der Waals surface area contributed by atoms with Crippen molar-refractivity contribution in [3.63, 3.8) is 0 Å². The molecule has 0 spiro atoms. The number of nitrogens with two attached hydrogens (primary N) is 1. The molecule has 2 aromatic carbocycles. The van der Waals surface area contributed by atoms with Crippen LogP contribution in [0.25, 0.3) is 22.5 Å². The molecular formula is C20H18N3O5-. The first-order valence-corrected chi connectivity index (χ1v) is 8.23. The summed E-state index contributed by atoms with van der Waals surface area (Å²) in [6.45, 7) is 0. The first-order valence-electron chi connectivity index (χ1n) is 8.23. The molecule has 3 rings (SSSR count). The van der Waals surface area contributed by atoms with E-state index in [9.17, 15) is 9.90 Å². The molecule has 8 heteroatoms. The second kappa shape index (κ2) is 7.83. The van der Waals surface area contributed by atoms with Gasteiger partial charge in [0.1, 0.15) is 11.5 Å².